The second-order valence-electron chi connectivity index (χ2n) is 8.39. The average molecular weight is 539 g/mol. The van der Waals surface area contributed by atoms with Crippen LogP contribution in [0.1, 0.15) is 64.6 Å². The predicted octanol–water partition coefficient (Wildman–Crippen LogP) is 3.47. The standard InChI is InChI=1S/C21H24Cl2N8O3S/c1-10(29-18(34)14-13(23)16(24-5-6-32)28-9-27-14)19-25-8-12(35-19)17(33)31-20-26-7-11(22)15(30-20)21(2,3)4/h7-10,32H,5-6H2,1-4H3,(H,29,34)(H,24,27,28)(H,26,30,31,33). The van der Waals surface area contributed by atoms with Crippen molar-refractivity contribution in [3.8, 4) is 0 Å². The van der Waals surface area contributed by atoms with Crippen LogP contribution in [0.2, 0.25) is 10.0 Å². The molecule has 0 bridgehead atoms. The second-order valence-corrected chi connectivity index (χ2v) is 10.2. The van der Waals surface area contributed by atoms with E-state index in [1.165, 1.54) is 18.7 Å². The highest BCUT2D eigenvalue weighted by molar-refractivity contribution is 7.13. The number of carbonyl (C=O) groups is 2. The number of nitrogens with zero attached hydrogens (tertiary/aromatic N) is 5. The van der Waals surface area contributed by atoms with Crippen LogP contribution >= 0.6 is 34.5 Å². The molecule has 1 atom stereocenters. The van der Waals surface area contributed by atoms with Gasteiger partial charge in [0.05, 0.1) is 35.8 Å². The molecule has 3 rings (SSSR count). The number of aromatic nitrogens is 5. The van der Waals surface area contributed by atoms with Crippen molar-refractivity contribution in [3.05, 3.63) is 50.0 Å². The minimum atomic E-state index is -0.539. The Kier molecular flexibility index (Phi) is 8.54. The Morgan fingerprint density at radius 1 is 1.11 bits per heavy atom. The summed E-state index contributed by atoms with van der Waals surface area (Å²) in [6.07, 6.45) is 4.05. The maximum absolute atomic E-state index is 12.7. The van der Waals surface area contributed by atoms with Crippen LogP contribution in [0.25, 0.3) is 0 Å². The first-order valence-electron chi connectivity index (χ1n) is 10.5. The Morgan fingerprint density at radius 2 is 1.86 bits per heavy atom. The Bertz CT molecular complexity index is 1230. The molecule has 14 heteroatoms. The minimum absolute atomic E-state index is 0.0296. The van der Waals surface area contributed by atoms with Gasteiger partial charge in [0.25, 0.3) is 11.8 Å². The molecule has 0 radical (unpaired) electrons. The number of anilines is 2. The van der Waals surface area contributed by atoms with Crippen LogP contribution < -0.4 is 16.0 Å². The van der Waals surface area contributed by atoms with Gasteiger partial charge in [-0.15, -0.1) is 11.3 Å². The van der Waals surface area contributed by atoms with E-state index in [4.69, 9.17) is 28.3 Å². The number of nitrogens with one attached hydrogen (secondary N) is 3. The molecular formula is C21H24Cl2N8O3S. The number of amides is 2. The van der Waals surface area contributed by atoms with E-state index in [1.807, 2.05) is 20.8 Å². The van der Waals surface area contributed by atoms with Crippen molar-refractivity contribution in [2.45, 2.75) is 39.2 Å². The fraction of sp³-hybridized carbons (Fsp3) is 0.381. The molecule has 3 aromatic rings. The van der Waals surface area contributed by atoms with E-state index in [-0.39, 0.29) is 41.0 Å². The zero-order valence-corrected chi connectivity index (χ0v) is 21.7. The lowest BCUT2D eigenvalue weighted by Gasteiger charge is -2.19. The van der Waals surface area contributed by atoms with E-state index < -0.39 is 17.9 Å². The summed E-state index contributed by atoms with van der Waals surface area (Å²) in [6, 6.07) is -0.534. The first-order valence-corrected chi connectivity index (χ1v) is 12.0. The summed E-state index contributed by atoms with van der Waals surface area (Å²) < 4.78 is 0. The Labute approximate surface area is 215 Å². The van der Waals surface area contributed by atoms with E-state index in [0.717, 1.165) is 11.3 Å². The first-order chi connectivity index (χ1) is 16.5. The van der Waals surface area contributed by atoms with Crippen molar-refractivity contribution in [3.63, 3.8) is 0 Å². The van der Waals surface area contributed by atoms with Gasteiger partial charge in [-0.05, 0) is 6.92 Å². The number of halogens is 2. The SMILES string of the molecule is CC(NC(=O)c1ncnc(NCCO)c1Cl)c1ncc(C(=O)Nc2ncc(Cl)c(C(C)(C)C)n2)s1. The molecule has 0 aliphatic heterocycles. The number of carbonyl (C=O) groups excluding carboxylic acids is 2. The smallest absolute Gasteiger partial charge is 0.272 e. The molecule has 186 valence electrons. The minimum Gasteiger partial charge on any atom is -0.395 e. The van der Waals surface area contributed by atoms with Gasteiger partial charge in [-0.3, -0.25) is 14.9 Å². The van der Waals surface area contributed by atoms with Gasteiger partial charge >= 0.3 is 0 Å². The Balaban J connectivity index is 1.69. The van der Waals surface area contributed by atoms with Gasteiger partial charge in [0.1, 0.15) is 27.1 Å². The lowest BCUT2D eigenvalue weighted by molar-refractivity contribution is 0.0934. The van der Waals surface area contributed by atoms with Gasteiger partial charge in [0, 0.05) is 12.0 Å². The first kappa shape index (κ1) is 26.7. The molecule has 0 saturated carbocycles. The maximum atomic E-state index is 12.7. The molecule has 0 fully saturated rings. The summed E-state index contributed by atoms with van der Waals surface area (Å²) >= 11 is 13.5. The quantitative estimate of drug-likeness (QED) is 0.337. The molecule has 0 saturated heterocycles. The average Bonchev–Trinajstić information content (AvgIpc) is 3.29. The van der Waals surface area contributed by atoms with E-state index >= 15 is 0 Å². The van der Waals surface area contributed by atoms with Crippen LogP contribution in [0.5, 0.6) is 0 Å². The molecule has 11 nitrogen and oxygen atoms in total. The van der Waals surface area contributed by atoms with Gasteiger partial charge < -0.3 is 15.7 Å². The molecule has 35 heavy (non-hydrogen) atoms. The van der Waals surface area contributed by atoms with Crippen LogP contribution in [-0.4, -0.2) is 55.0 Å². The summed E-state index contributed by atoms with van der Waals surface area (Å²) in [7, 11) is 0. The summed E-state index contributed by atoms with van der Waals surface area (Å²) in [5.74, 6) is -0.610. The summed E-state index contributed by atoms with van der Waals surface area (Å²) in [5.41, 5.74) is 0.259. The number of thiazole rings is 1. The molecule has 3 aromatic heterocycles. The van der Waals surface area contributed by atoms with Gasteiger partial charge in [0.15, 0.2) is 5.69 Å². The Morgan fingerprint density at radius 3 is 2.54 bits per heavy atom. The van der Waals surface area contributed by atoms with Gasteiger partial charge in [-0.2, -0.15) is 0 Å². The lowest BCUT2D eigenvalue weighted by Crippen LogP contribution is -2.28. The van der Waals surface area contributed by atoms with Crippen molar-refractivity contribution >= 4 is 58.1 Å². The van der Waals surface area contributed by atoms with E-state index in [9.17, 15) is 9.59 Å². The molecule has 1 unspecified atom stereocenters. The van der Waals surface area contributed by atoms with E-state index in [1.54, 1.807) is 6.92 Å². The third kappa shape index (κ3) is 6.60. The number of rotatable bonds is 8. The monoisotopic (exact) mass is 538 g/mol. The van der Waals surface area contributed by atoms with Gasteiger partial charge in [-0.1, -0.05) is 44.0 Å². The van der Waals surface area contributed by atoms with Gasteiger partial charge in [-0.25, -0.2) is 24.9 Å². The largest absolute Gasteiger partial charge is 0.395 e. The summed E-state index contributed by atoms with van der Waals surface area (Å²) in [5, 5.41) is 18.1. The summed E-state index contributed by atoms with van der Waals surface area (Å²) in [4.78, 5) is 46.3. The molecule has 0 spiro atoms. The number of hydrogen-bond donors (Lipinski definition) is 4. The molecule has 3 heterocycles. The molecule has 2 amide bonds. The van der Waals surface area contributed by atoms with Crippen molar-refractivity contribution < 1.29 is 14.7 Å². The van der Waals surface area contributed by atoms with E-state index in [2.05, 4.69) is 40.9 Å². The Hall–Kier alpha value is -2.93. The zero-order chi connectivity index (χ0) is 25.8. The third-order valence-electron chi connectivity index (χ3n) is 4.55. The van der Waals surface area contributed by atoms with Crippen molar-refractivity contribution in [1.29, 1.82) is 0 Å². The number of aliphatic hydroxyl groups is 1. The second kappa shape index (κ2) is 11.2. The normalized spacial score (nSPS) is 12.2. The third-order valence-corrected chi connectivity index (χ3v) is 6.37. The molecule has 0 aliphatic carbocycles. The topological polar surface area (TPSA) is 155 Å². The molecule has 4 N–H and O–H groups in total. The highest BCUT2D eigenvalue weighted by atomic mass is 35.5. The fourth-order valence-electron chi connectivity index (χ4n) is 2.86. The van der Waals surface area contributed by atoms with Crippen LogP contribution in [0.15, 0.2) is 18.7 Å². The highest BCUT2D eigenvalue weighted by Gasteiger charge is 2.23. The molecule has 0 aliphatic rings. The fourth-order valence-corrected chi connectivity index (χ4v) is 4.30. The number of aliphatic hydroxyl groups excluding tert-OH is 1. The molecular weight excluding hydrogens is 515 g/mol. The number of hydrogen-bond acceptors (Lipinski definition) is 10. The van der Waals surface area contributed by atoms with E-state index in [0.29, 0.717) is 20.6 Å². The maximum Gasteiger partial charge on any atom is 0.272 e. The van der Waals surface area contributed by atoms with Crippen LogP contribution in [0.3, 0.4) is 0 Å². The van der Waals surface area contributed by atoms with Gasteiger partial charge in [0.2, 0.25) is 5.95 Å². The zero-order valence-electron chi connectivity index (χ0n) is 19.4. The lowest BCUT2D eigenvalue weighted by atomic mass is 9.92. The van der Waals surface area contributed by atoms with Crippen LogP contribution in [0, 0.1) is 0 Å². The predicted molar refractivity (Wildman–Crippen MR) is 134 cm³/mol. The van der Waals surface area contributed by atoms with Crippen LogP contribution in [0.4, 0.5) is 11.8 Å². The highest BCUT2D eigenvalue weighted by Crippen LogP contribution is 2.28. The van der Waals surface area contributed by atoms with Crippen molar-refractivity contribution in [2.75, 3.05) is 23.8 Å². The van der Waals surface area contributed by atoms with Crippen molar-refractivity contribution in [2.24, 2.45) is 0 Å². The van der Waals surface area contributed by atoms with Crippen molar-refractivity contribution in [1.82, 2.24) is 30.2 Å². The molecule has 0 aromatic carbocycles. The summed E-state index contributed by atoms with van der Waals surface area (Å²) in [6.45, 7) is 7.69. The van der Waals surface area contributed by atoms with Crippen LogP contribution in [-0.2, 0) is 5.41 Å².